The van der Waals surface area contributed by atoms with Crippen molar-refractivity contribution in [1.29, 1.82) is 0 Å². The number of alkyl halides is 1. The molecule has 0 aromatic heterocycles. The fraction of sp³-hybridized carbons (Fsp3) is 1.00. The maximum atomic E-state index is 10.8. The number of hydrogen-bond acceptors (Lipinski definition) is 1. The summed E-state index contributed by atoms with van der Waals surface area (Å²) in [5.41, 5.74) is 0. The van der Waals surface area contributed by atoms with Crippen molar-refractivity contribution in [2.45, 2.75) is 103 Å². The number of rotatable bonds is 21. The van der Waals surface area contributed by atoms with Crippen LogP contribution < -0.4 is 28.9 Å². The number of hydrogen-bond donors (Lipinski definition) is 3. The minimum absolute atomic E-state index is 0. The van der Waals surface area contributed by atoms with Crippen molar-refractivity contribution in [2.24, 2.45) is 0 Å². The van der Waals surface area contributed by atoms with E-state index in [0.29, 0.717) is 6.42 Å². The zero-order chi connectivity index (χ0) is 20.2. The lowest BCUT2D eigenvalue weighted by molar-refractivity contribution is -0.879. The lowest BCUT2D eigenvalue weighted by atomic mass is 10.0. The third kappa shape index (κ3) is 27.6. The summed E-state index contributed by atoms with van der Waals surface area (Å²) in [6, 6.07) is 0. The molecule has 0 aliphatic carbocycles. The van der Waals surface area contributed by atoms with Gasteiger partial charge in [-0.25, -0.2) is 0 Å². The second kappa shape index (κ2) is 23.2. The molecule has 7 heteroatoms. The summed E-state index contributed by atoms with van der Waals surface area (Å²) in [5, 5.41) is 0. The number of halogens is 2. The molecular formula is C21H46I2NO3P. The predicted octanol–water partition coefficient (Wildman–Crippen LogP) is 2.36. The molecule has 1 unspecified atom stereocenters. The van der Waals surface area contributed by atoms with E-state index in [9.17, 15) is 4.57 Å². The molecule has 0 spiro atoms. The third-order valence-corrected chi connectivity index (χ3v) is 6.95. The molecule has 0 aliphatic heterocycles. The SMILES string of the molecule is C[NH+](CCCCCCCCCCCCCCCCCI)CCCP(=O)(O)O.[I-]. The molecule has 1 atom stereocenters. The molecule has 0 aromatic carbocycles. The molecule has 0 amide bonds. The highest BCUT2D eigenvalue weighted by Gasteiger charge is 2.13. The fourth-order valence-corrected chi connectivity index (χ4v) is 4.64. The second-order valence-electron chi connectivity index (χ2n) is 8.19. The van der Waals surface area contributed by atoms with Gasteiger partial charge in [0, 0.05) is 6.42 Å². The first kappa shape index (κ1) is 31.8. The van der Waals surface area contributed by atoms with E-state index in [-0.39, 0.29) is 30.1 Å². The van der Waals surface area contributed by atoms with Gasteiger partial charge in [-0.05, 0) is 23.7 Å². The Labute approximate surface area is 205 Å². The lowest BCUT2D eigenvalue weighted by Gasteiger charge is -2.14. The van der Waals surface area contributed by atoms with E-state index in [1.807, 2.05) is 0 Å². The molecule has 0 fully saturated rings. The van der Waals surface area contributed by atoms with Crippen LogP contribution in [-0.4, -0.2) is 40.5 Å². The molecule has 0 bridgehead atoms. The zero-order valence-electron chi connectivity index (χ0n) is 18.1. The Bertz CT molecular complexity index is 357. The van der Waals surface area contributed by atoms with Crippen LogP contribution in [-0.2, 0) is 4.57 Å². The Morgan fingerprint density at radius 1 is 0.643 bits per heavy atom. The smallest absolute Gasteiger partial charge is 0.325 e. The molecular weight excluding hydrogens is 599 g/mol. The molecule has 0 aliphatic rings. The molecule has 0 saturated carbocycles. The Morgan fingerprint density at radius 2 is 0.964 bits per heavy atom. The molecule has 3 N–H and O–H groups in total. The summed E-state index contributed by atoms with van der Waals surface area (Å²) >= 11 is 2.47. The van der Waals surface area contributed by atoms with E-state index in [0.717, 1.165) is 13.1 Å². The predicted molar refractivity (Wildman–Crippen MR) is 126 cm³/mol. The molecule has 0 rings (SSSR count). The van der Waals surface area contributed by atoms with Crippen LogP contribution in [0.25, 0.3) is 0 Å². The normalized spacial score (nSPS) is 12.7. The Morgan fingerprint density at radius 3 is 1.32 bits per heavy atom. The average Bonchev–Trinajstić information content (AvgIpc) is 2.60. The highest BCUT2D eigenvalue weighted by Crippen LogP contribution is 2.34. The van der Waals surface area contributed by atoms with E-state index in [2.05, 4.69) is 29.6 Å². The maximum Gasteiger partial charge on any atom is 0.325 e. The molecule has 172 valence electrons. The Kier molecular flexibility index (Phi) is 26.4. The van der Waals surface area contributed by atoms with Gasteiger partial charge >= 0.3 is 7.60 Å². The summed E-state index contributed by atoms with van der Waals surface area (Å²) in [4.78, 5) is 19.1. The highest BCUT2D eigenvalue weighted by molar-refractivity contribution is 14.1. The Balaban J connectivity index is 0. The molecule has 0 aromatic rings. The van der Waals surface area contributed by atoms with Gasteiger partial charge in [0.1, 0.15) is 0 Å². The van der Waals surface area contributed by atoms with Gasteiger partial charge in [0.2, 0.25) is 0 Å². The third-order valence-electron chi connectivity index (χ3n) is 5.29. The van der Waals surface area contributed by atoms with Gasteiger partial charge in [-0.3, -0.25) is 4.57 Å². The van der Waals surface area contributed by atoms with Crippen molar-refractivity contribution in [1.82, 2.24) is 0 Å². The average molecular weight is 645 g/mol. The van der Waals surface area contributed by atoms with Gasteiger partial charge in [0.25, 0.3) is 0 Å². The first-order valence-electron chi connectivity index (χ1n) is 11.4. The zero-order valence-corrected chi connectivity index (χ0v) is 23.4. The summed E-state index contributed by atoms with van der Waals surface area (Å²) in [6.07, 6.45) is 21.6. The molecule has 0 heterocycles. The van der Waals surface area contributed by atoms with Crippen molar-refractivity contribution in [3.63, 3.8) is 0 Å². The van der Waals surface area contributed by atoms with Crippen molar-refractivity contribution in [2.75, 3.05) is 30.7 Å². The van der Waals surface area contributed by atoms with Gasteiger partial charge in [-0.2, -0.15) is 0 Å². The first-order valence-corrected chi connectivity index (χ1v) is 14.7. The molecule has 0 saturated heterocycles. The van der Waals surface area contributed by atoms with E-state index in [1.54, 1.807) is 0 Å². The van der Waals surface area contributed by atoms with E-state index < -0.39 is 7.60 Å². The number of nitrogens with one attached hydrogen (secondary N) is 1. The van der Waals surface area contributed by atoms with Crippen molar-refractivity contribution in [3.05, 3.63) is 0 Å². The van der Waals surface area contributed by atoms with Crippen LogP contribution in [0, 0.1) is 0 Å². The fourth-order valence-electron chi connectivity index (χ4n) is 3.53. The van der Waals surface area contributed by atoms with Crippen LogP contribution in [0.5, 0.6) is 0 Å². The van der Waals surface area contributed by atoms with Crippen LogP contribution in [0.3, 0.4) is 0 Å². The van der Waals surface area contributed by atoms with Crippen molar-refractivity contribution < 1.29 is 43.2 Å². The van der Waals surface area contributed by atoms with Gasteiger partial charge in [-0.15, -0.1) is 0 Å². The quantitative estimate of drug-likeness (QED) is 0.0779. The van der Waals surface area contributed by atoms with E-state index >= 15 is 0 Å². The van der Waals surface area contributed by atoms with Crippen LogP contribution in [0.15, 0.2) is 0 Å². The maximum absolute atomic E-state index is 10.8. The standard InChI is InChI=1S/C21H45INO3P.HI/c1-23(20-17-21-27(24,25)26)19-16-14-12-10-8-6-4-2-3-5-7-9-11-13-15-18-22;/h2-21H2,1H3,(H2,24,25,26);1H. The summed E-state index contributed by atoms with van der Waals surface area (Å²) < 4.78 is 12.1. The minimum atomic E-state index is -3.80. The monoisotopic (exact) mass is 645 g/mol. The first-order chi connectivity index (χ1) is 13.0. The van der Waals surface area contributed by atoms with Gasteiger partial charge in [-0.1, -0.05) is 99.6 Å². The number of unbranched alkanes of at least 4 members (excludes halogenated alkanes) is 14. The summed E-state index contributed by atoms with van der Waals surface area (Å²) in [6.45, 7) is 1.99. The van der Waals surface area contributed by atoms with Crippen LogP contribution in [0.1, 0.15) is 103 Å². The van der Waals surface area contributed by atoms with Gasteiger partial charge in [0.15, 0.2) is 0 Å². The topological polar surface area (TPSA) is 62.0 Å². The van der Waals surface area contributed by atoms with E-state index in [1.165, 1.54) is 106 Å². The minimum Gasteiger partial charge on any atom is -1.00 e. The van der Waals surface area contributed by atoms with Gasteiger partial charge in [0.05, 0.1) is 26.3 Å². The summed E-state index contributed by atoms with van der Waals surface area (Å²) in [7, 11) is -1.67. The highest BCUT2D eigenvalue weighted by atomic mass is 127. The van der Waals surface area contributed by atoms with Gasteiger partial charge < -0.3 is 38.7 Å². The van der Waals surface area contributed by atoms with Crippen LogP contribution in [0.4, 0.5) is 0 Å². The lowest BCUT2D eigenvalue weighted by Crippen LogP contribution is -3.09. The van der Waals surface area contributed by atoms with Crippen molar-refractivity contribution >= 4 is 30.2 Å². The molecule has 28 heavy (non-hydrogen) atoms. The molecule has 4 nitrogen and oxygen atoms in total. The van der Waals surface area contributed by atoms with E-state index in [4.69, 9.17) is 9.79 Å². The van der Waals surface area contributed by atoms with Crippen LogP contribution in [0.2, 0.25) is 0 Å². The van der Waals surface area contributed by atoms with Crippen LogP contribution >= 0.6 is 30.2 Å². The second-order valence-corrected chi connectivity index (χ2v) is 11.0. The summed E-state index contributed by atoms with van der Waals surface area (Å²) in [5.74, 6) is 0. The Hall–Kier alpha value is 1.57. The molecule has 0 radical (unpaired) electrons. The largest absolute Gasteiger partial charge is 1.00 e. The van der Waals surface area contributed by atoms with Crippen molar-refractivity contribution in [3.8, 4) is 0 Å². The number of quaternary nitrogens is 1.